The molecule has 2 rings (SSSR count). The number of aliphatic hydroxyl groups excluding tert-OH is 1. The number of nitrogens with zero attached hydrogens (tertiary/aromatic N) is 3. The van der Waals surface area contributed by atoms with Crippen molar-refractivity contribution < 1.29 is 9.84 Å². The second-order valence-electron chi connectivity index (χ2n) is 3.85. The number of benzene rings is 1. The number of rotatable bonds is 2. The Hall–Kier alpha value is -1.71. The number of fused-ring (bicyclic) bond motifs is 1. The van der Waals surface area contributed by atoms with Crippen LogP contribution >= 0.6 is 0 Å². The van der Waals surface area contributed by atoms with Gasteiger partial charge in [0.05, 0.1) is 19.3 Å². The Morgan fingerprint density at radius 3 is 3.00 bits per heavy atom. The number of aliphatic hydroxyl groups is 1. The fourth-order valence-corrected chi connectivity index (χ4v) is 2.12. The van der Waals surface area contributed by atoms with Crippen molar-refractivity contribution in [2.24, 2.45) is 5.11 Å². The van der Waals surface area contributed by atoms with E-state index in [-0.39, 0.29) is 6.04 Å². The summed E-state index contributed by atoms with van der Waals surface area (Å²) in [4.78, 5) is 2.76. The predicted octanol–water partition coefficient (Wildman–Crippen LogP) is 1.83. The van der Waals surface area contributed by atoms with E-state index in [4.69, 9.17) is 10.3 Å². The van der Waals surface area contributed by atoms with Crippen LogP contribution in [0.15, 0.2) is 23.3 Å². The highest BCUT2D eigenvalue weighted by Crippen LogP contribution is 2.30. The number of hydrogen-bond donors (Lipinski definition) is 1. The highest BCUT2D eigenvalue weighted by molar-refractivity contribution is 5.43. The molecule has 1 aromatic carbocycles. The van der Waals surface area contributed by atoms with Gasteiger partial charge in [0, 0.05) is 11.3 Å². The van der Waals surface area contributed by atoms with Gasteiger partial charge in [-0.1, -0.05) is 17.2 Å². The van der Waals surface area contributed by atoms with Gasteiger partial charge in [0.15, 0.2) is 0 Å². The maximum Gasteiger partial charge on any atom is 0.122 e. The minimum absolute atomic E-state index is 0.371. The molecule has 0 radical (unpaired) electrons. The first-order valence-corrected chi connectivity index (χ1v) is 5.13. The molecular formula is C11H13N3O2. The summed E-state index contributed by atoms with van der Waals surface area (Å²) < 4.78 is 5.24. The molecule has 0 bridgehead atoms. The standard InChI is InChI=1S/C11H13N3O2/c1-16-11-4-2-3-7-5-9(13-14-12)10(15)6-8(7)11/h2-4,9-10,15H,5-6H2,1H3/t9-,10-/m0/s1. The van der Waals surface area contributed by atoms with Crippen LogP contribution in [0.5, 0.6) is 5.75 Å². The monoisotopic (exact) mass is 219 g/mol. The van der Waals surface area contributed by atoms with Crippen molar-refractivity contribution >= 4 is 0 Å². The third kappa shape index (κ3) is 1.83. The fraction of sp³-hybridized carbons (Fsp3) is 0.455. The maximum atomic E-state index is 9.85. The molecule has 5 nitrogen and oxygen atoms in total. The largest absolute Gasteiger partial charge is 0.496 e. The Balaban J connectivity index is 2.37. The van der Waals surface area contributed by atoms with E-state index in [1.54, 1.807) is 7.11 Å². The SMILES string of the molecule is COc1cccc2c1C[C@H](O)[C@@H](N=[N+]=[N-])C2. The molecule has 0 heterocycles. The molecule has 16 heavy (non-hydrogen) atoms. The summed E-state index contributed by atoms with van der Waals surface area (Å²) in [6, 6.07) is 5.38. The molecule has 0 aromatic heterocycles. The molecule has 0 spiro atoms. The van der Waals surface area contributed by atoms with E-state index < -0.39 is 6.10 Å². The molecule has 0 saturated heterocycles. The molecule has 0 amide bonds. The average Bonchev–Trinajstić information content (AvgIpc) is 2.30. The molecule has 1 N–H and O–H groups in total. The van der Waals surface area contributed by atoms with Gasteiger partial charge in [-0.15, -0.1) is 0 Å². The van der Waals surface area contributed by atoms with Crippen LogP contribution in [0, 0.1) is 0 Å². The second kappa shape index (κ2) is 4.43. The Morgan fingerprint density at radius 1 is 1.50 bits per heavy atom. The van der Waals surface area contributed by atoms with E-state index in [0.717, 1.165) is 16.9 Å². The van der Waals surface area contributed by atoms with Gasteiger partial charge >= 0.3 is 0 Å². The Bertz CT molecular complexity index is 441. The molecule has 0 unspecified atom stereocenters. The molecule has 5 heteroatoms. The van der Waals surface area contributed by atoms with Gasteiger partial charge in [-0.25, -0.2) is 0 Å². The van der Waals surface area contributed by atoms with Gasteiger partial charge in [0.2, 0.25) is 0 Å². The van der Waals surface area contributed by atoms with Crippen LogP contribution < -0.4 is 4.74 Å². The average molecular weight is 219 g/mol. The van der Waals surface area contributed by atoms with Crippen molar-refractivity contribution in [1.82, 2.24) is 0 Å². The Kier molecular flexibility index (Phi) is 2.99. The van der Waals surface area contributed by atoms with Crippen LogP contribution in [-0.4, -0.2) is 24.4 Å². The van der Waals surface area contributed by atoms with Crippen molar-refractivity contribution in [1.29, 1.82) is 0 Å². The van der Waals surface area contributed by atoms with Gasteiger partial charge in [0.25, 0.3) is 0 Å². The molecule has 1 aromatic rings. The van der Waals surface area contributed by atoms with Crippen LogP contribution in [0.2, 0.25) is 0 Å². The molecule has 0 aliphatic heterocycles. The first kappa shape index (κ1) is 10.8. The number of methoxy groups -OCH3 is 1. The van der Waals surface area contributed by atoms with Crippen molar-refractivity contribution in [2.45, 2.75) is 25.0 Å². The lowest BCUT2D eigenvalue weighted by molar-refractivity contribution is 0.136. The number of azide groups is 1. The molecule has 0 fully saturated rings. The zero-order valence-electron chi connectivity index (χ0n) is 9.00. The minimum Gasteiger partial charge on any atom is -0.496 e. The van der Waals surface area contributed by atoms with Gasteiger partial charge in [-0.05, 0) is 29.1 Å². The highest BCUT2D eigenvalue weighted by atomic mass is 16.5. The fourth-order valence-electron chi connectivity index (χ4n) is 2.12. The lowest BCUT2D eigenvalue weighted by Gasteiger charge is -2.27. The van der Waals surface area contributed by atoms with Gasteiger partial charge < -0.3 is 9.84 Å². The van der Waals surface area contributed by atoms with Crippen LogP contribution in [0.25, 0.3) is 10.4 Å². The summed E-state index contributed by atoms with van der Waals surface area (Å²) in [5.74, 6) is 0.788. The summed E-state index contributed by atoms with van der Waals surface area (Å²) in [6.07, 6.45) is 0.417. The van der Waals surface area contributed by atoms with Gasteiger partial charge in [-0.2, -0.15) is 0 Å². The molecule has 84 valence electrons. The smallest absolute Gasteiger partial charge is 0.122 e. The van der Waals surface area contributed by atoms with E-state index in [1.165, 1.54) is 0 Å². The summed E-state index contributed by atoms with van der Waals surface area (Å²) in [6.45, 7) is 0. The first-order valence-electron chi connectivity index (χ1n) is 5.13. The van der Waals surface area contributed by atoms with Gasteiger partial charge in [-0.3, -0.25) is 0 Å². The normalized spacial score (nSPS) is 23.1. The minimum atomic E-state index is -0.625. The summed E-state index contributed by atoms with van der Waals surface area (Å²) in [5.41, 5.74) is 10.5. The first-order chi connectivity index (χ1) is 7.76. The zero-order valence-corrected chi connectivity index (χ0v) is 9.00. The Morgan fingerprint density at radius 2 is 2.31 bits per heavy atom. The van der Waals surface area contributed by atoms with Crippen LogP contribution in [-0.2, 0) is 12.8 Å². The van der Waals surface area contributed by atoms with E-state index in [9.17, 15) is 5.11 Å². The summed E-state index contributed by atoms with van der Waals surface area (Å²) in [5, 5.41) is 13.5. The lowest BCUT2D eigenvalue weighted by Crippen LogP contribution is -2.33. The quantitative estimate of drug-likeness (QED) is 0.468. The number of hydrogen-bond acceptors (Lipinski definition) is 3. The van der Waals surface area contributed by atoms with E-state index >= 15 is 0 Å². The topological polar surface area (TPSA) is 78.2 Å². The second-order valence-corrected chi connectivity index (χ2v) is 3.85. The van der Waals surface area contributed by atoms with Crippen molar-refractivity contribution in [3.8, 4) is 5.75 Å². The van der Waals surface area contributed by atoms with Crippen molar-refractivity contribution in [2.75, 3.05) is 7.11 Å². The predicted molar refractivity (Wildman–Crippen MR) is 59.3 cm³/mol. The van der Waals surface area contributed by atoms with Crippen LogP contribution in [0.1, 0.15) is 11.1 Å². The lowest BCUT2D eigenvalue weighted by atomic mass is 9.86. The summed E-state index contributed by atoms with van der Waals surface area (Å²) >= 11 is 0. The molecule has 0 saturated carbocycles. The van der Waals surface area contributed by atoms with Crippen LogP contribution in [0.3, 0.4) is 0 Å². The summed E-state index contributed by atoms with van der Waals surface area (Å²) in [7, 11) is 1.61. The van der Waals surface area contributed by atoms with Crippen LogP contribution in [0.4, 0.5) is 0 Å². The highest BCUT2D eigenvalue weighted by Gasteiger charge is 2.27. The maximum absolute atomic E-state index is 9.85. The molecular weight excluding hydrogens is 206 g/mol. The Labute approximate surface area is 93.3 Å². The van der Waals surface area contributed by atoms with E-state index in [2.05, 4.69) is 10.0 Å². The number of ether oxygens (including phenoxy) is 1. The third-order valence-electron chi connectivity index (χ3n) is 2.94. The molecule has 1 aliphatic rings. The molecule has 2 atom stereocenters. The van der Waals surface area contributed by atoms with Crippen molar-refractivity contribution in [3.63, 3.8) is 0 Å². The molecule has 1 aliphatic carbocycles. The third-order valence-corrected chi connectivity index (χ3v) is 2.94. The van der Waals surface area contributed by atoms with Crippen molar-refractivity contribution in [3.05, 3.63) is 39.8 Å². The van der Waals surface area contributed by atoms with Gasteiger partial charge in [0.1, 0.15) is 5.75 Å². The van der Waals surface area contributed by atoms with E-state index in [1.807, 2.05) is 18.2 Å². The van der Waals surface area contributed by atoms with E-state index in [0.29, 0.717) is 12.8 Å². The zero-order chi connectivity index (χ0) is 11.5.